The highest BCUT2D eigenvalue weighted by molar-refractivity contribution is 5.80. The molecule has 0 fully saturated rings. The molecule has 20 heavy (non-hydrogen) atoms. The van der Waals surface area contributed by atoms with E-state index in [9.17, 15) is 0 Å². The molecule has 0 spiro atoms. The quantitative estimate of drug-likeness (QED) is 0.710. The molecule has 0 N–H and O–H groups in total. The van der Waals surface area contributed by atoms with E-state index < -0.39 is 0 Å². The van der Waals surface area contributed by atoms with Gasteiger partial charge in [0.2, 0.25) is 0 Å². The van der Waals surface area contributed by atoms with Crippen LogP contribution in [0.1, 0.15) is 5.56 Å². The monoisotopic (exact) mass is 268 g/mol. The summed E-state index contributed by atoms with van der Waals surface area (Å²) in [4.78, 5) is 2.33. The van der Waals surface area contributed by atoms with Gasteiger partial charge in [0.1, 0.15) is 0 Å². The number of hydrogen-bond donors (Lipinski definition) is 0. The molecule has 0 saturated carbocycles. The molecule has 0 bridgehead atoms. The normalized spacial score (nSPS) is 11.6. The van der Waals surface area contributed by atoms with Crippen LogP contribution in [0.4, 0.5) is 0 Å². The van der Waals surface area contributed by atoms with Crippen molar-refractivity contribution >= 4 is 10.9 Å². The number of rotatable bonds is 5. The Bertz CT molecular complexity index is 682. The second kappa shape index (κ2) is 5.51. The Labute approximate surface area is 119 Å². The first-order chi connectivity index (χ1) is 9.72. The SMILES string of the molecule is CN(CCn1cccn1)Cc1ccc2c(ccn2C)c1. The van der Waals surface area contributed by atoms with Gasteiger partial charge in [-0.1, -0.05) is 6.07 Å². The van der Waals surface area contributed by atoms with Crippen molar-refractivity contribution in [2.24, 2.45) is 7.05 Å². The summed E-state index contributed by atoms with van der Waals surface area (Å²) >= 11 is 0. The van der Waals surface area contributed by atoms with E-state index >= 15 is 0 Å². The minimum atomic E-state index is 0.928. The first-order valence-corrected chi connectivity index (χ1v) is 6.92. The number of likely N-dealkylation sites (N-methyl/N-ethyl adjacent to an activating group) is 1. The van der Waals surface area contributed by atoms with Gasteiger partial charge in [-0.2, -0.15) is 5.10 Å². The molecule has 3 aromatic rings. The molecule has 0 atom stereocenters. The molecular weight excluding hydrogens is 248 g/mol. The van der Waals surface area contributed by atoms with Crippen LogP contribution in [0.15, 0.2) is 48.9 Å². The van der Waals surface area contributed by atoms with E-state index in [0.29, 0.717) is 0 Å². The molecule has 0 aliphatic carbocycles. The van der Waals surface area contributed by atoms with Gasteiger partial charge in [-0.25, -0.2) is 0 Å². The van der Waals surface area contributed by atoms with Crippen molar-refractivity contribution < 1.29 is 0 Å². The van der Waals surface area contributed by atoms with Gasteiger partial charge in [0.05, 0.1) is 6.54 Å². The first-order valence-electron chi connectivity index (χ1n) is 6.92. The first kappa shape index (κ1) is 12.9. The van der Waals surface area contributed by atoms with Gasteiger partial charge >= 0.3 is 0 Å². The lowest BCUT2D eigenvalue weighted by Gasteiger charge is -2.16. The summed E-state index contributed by atoms with van der Waals surface area (Å²) in [7, 11) is 4.23. The van der Waals surface area contributed by atoms with Crippen LogP contribution in [0.25, 0.3) is 10.9 Å². The molecule has 4 nitrogen and oxygen atoms in total. The van der Waals surface area contributed by atoms with Crippen molar-refractivity contribution in [2.45, 2.75) is 13.1 Å². The van der Waals surface area contributed by atoms with E-state index in [4.69, 9.17) is 0 Å². The number of fused-ring (bicyclic) bond motifs is 1. The van der Waals surface area contributed by atoms with Crippen molar-refractivity contribution in [3.63, 3.8) is 0 Å². The highest BCUT2D eigenvalue weighted by atomic mass is 15.3. The van der Waals surface area contributed by atoms with Crippen molar-refractivity contribution in [1.29, 1.82) is 0 Å². The lowest BCUT2D eigenvalue weighted by Crippen LogP contribution is -2.23. The van der Waals surface area contributed by atoms with Crippen molar-refractivity contribution in [1.82, 2.24) is 19.2 Å². The Morgan fingerprint density at radius 1 is 1.20 bits per heavy atom. The molecule has 3 rings (SSSR count). The highest BCUT2D eigenvalue weighted by Gasteiger charge is 2.03. The van der Waals surface area contributed by atoms with Gasteiger partial charge in [0, 0.05) is 44.2 Å². The zero-order valence-corrected chi connectivity index (χ0v) is 12.0. The molecule has 0 unspecified atom stereocenters. The third-order valence-electron chi connectivity index (χ3n) is 3.67. The van der Waals surface area contributed by atoms with Crippen LogP contribution in [-0.4, -0.2) is 32.8 Å². The molecule has 2 heterocycles. The number of benzene rings is 1. The number of nitrogens with zero attached hydrogens (tertiary/aromatic N) is 4. The largest absolute Gasteiger partial charge is 0.351 e. The van der Waals surface area contributed by atoms with Crippen LogP contribution in [0.5, 0.6) is 0 Å². The maximum atomic E-state index is 4.23. The summed E-state index contributed by atoms with van der Waals surface area (Å²) in [6.45, 7) is 2.89. The molecule has 0 radical (unpaired) electrons. The highest BCUT2D eigenvalue weighted by Crippen LogP contribution is 2.17. The van der Waals surface area contributed by atoms with Gasteiger partial charge < -0.3 is 9.47 Å². The van der Waals surface area contributed by atoms with Gasteiger partial charge in [0.25, 0.3) is 0 Å². The Kier molecular flexibility index (Phi) is 3.56. The van der Waals surface area contributed by atoms with E-state index in [2.05, 4.69) is 59.1 Å². The van der Waals surface area contributed by atoms with Crippen molar-refractivity contribution in [3.8, 4) is 0 Å². The summed E-state index contributed by atoms with van der Waals surface area (Å²) in [6.07, 6.45) is 5.93. The van der Waals surface area contributed by atoms with E-state index in [1.807, 2.05) is 23.1 Å². The molecule has 4 heteroatoms. The fourth-order valence-electron chi connectivity index (χ4n) is 2.53. The summed E-state index contributed by atoms with van der Waals surface area (Å²) in [5.74, 6) is 0. The van der Waals surface area contributed by atoms with Gasteiger partial charge in [0.15, 0.2) is 0 Å². The van der Waals surface area contributed by atoms with Crippen LogP contribution in [0, 0.1) is 0 Å². The second-order valence-electron chi connectivity index (χ2n) is 5.33. The Hall–Kier alpha value is -2.07. The molecule has 0 amide bonds. The van der Waals surface area contributed by atoms with E-state index in [1.54, 1.807) is 0 Å². The zero-order chi connectivity index (χ0) is 13.9. The van der Waals surface area contributed by atoms with E-state index in [1.165, 1.54) is 16.5 Å². The topological polar surface area (TPSA) is 26.0 Å². The minimum Gasteiger partial charge on any atom is -0.351 e. The summed E-state index contributed by atoms with van der Waals surface area (Å²) < 4.78 is 4.12. The maximum absolute atomic E-state index is 4.23. The Morgan fingerprint density at radius 2 is 2.10 bits per heavy atom. The van der Waals surface area contributed by atoms with Crippen LogP contribution < -0.4 is 0 Å². The fraction of sp³-hybridized carbons (Fsp3) is 0.312. The number of aromatic nitrogens is 3. The average Bonchev–Trinajstić information content (AvgIpc) is 3.07. The molecule has 0 aliphatic heterocycles. The van der Waals surface area contributed by atoms with Crippen LogP contribution in [-0.2, 0) is 20.1 Å². The third kappa shape index (κ3) is 2.75. The lowest BCUT2D eigenvalue weighted by atomic mass is 10.1. The maximum Gasteiger partial charge on any atom is 0.0536 e. The van der Waals surface area contributed by atoms with Crippen LogP contribution in [0.3, 0.4) is 0 Å². The van der Waals surface area contributed by atoms with Gasteiger partial charge in [-0.05, 0) is 42.3 Å². The standard InChI is InChI=1S/C16H20N4/c1-18(10-11-20-8-3-7-17-20)13-14-4-5-16-15(12-14)6-9-19(16)2/h3-9,12H,10-11,13H2,1-2H3. The molecule has 104 valence electrons. The summed E-state index contributed by atoms with van der Waals surface area (Å²) in [5.41, 5.74) is 2.64. The number of aryl methyl sites for hydroxylation is 1. The lowest BCUT2D eigenvalue weighted by molar-refractivity contribution is 0.305. The summed E-state index contributed by atoms with van der Waals surface area (Å²) in [5, 5.41) is 5.54. The minimum absolute atomic E-state index is 0.928. The van der Waals surface area contributed by atoms with E-state index in [0.717, 1.165) is 19.6 Å². The molecule has 0 saturated heterocycles. The third-order valence-corrected chi connectivity index (χ3v) is 3.67. The van der Waals surface area contributed by atoms with E-state index in [-0.39, 0.29) is 0 Å². The smallest absolute Gasteiger partial charge is 0.0536 e. The molecule has 2 aromatic heterocycles. The van der Waals surface area contributed by atoms with Gasteiger partial charge in [-0.3, -0.25) is 4.68 Å². The molecular formula is C16H20N4. The fourth-order valence-corrected chi connectivity index (χ4v) is 2.53. The van der Waals surface area contributed by atoms with Crippen LogP contribution >= 0.6 is 0 Å². The molecule has 0 aliphatic rings. The second-order valence-corrected chi connectivity index (χ2v) is 5.33. The van der Waals surface area contributed by atoms with Gasteiger partial charge in [-0.15, -0.1) is 0 Å². The van der Waals surface area contributed by atoms with Crippen molar-refractivity contribution in [3.05, 3.63) is 54.5 Å². The average molecular weight is 268 g/mol. The zero-order valence-electron chi connectivity index (χ0n) is 12.0. The Morgan fingerprint density at radius 3 is 2.90 bits per heavy atom. The predicted octanol–water partition coefficient (Wildman–Crippen LogP) is 2.51. The predicted molar refractivity (Wildman–Crippen MR) is 81.5 cm³/mol. The van der Waals surface area contributed by atoms with Crippen molar-refractivity contribution in [2.75, 3.05) is 13.6 Å². The summed E-state index contributed by atoms with van der Waals surface area (Å²) in [6, 6.07) is 10.8. The number of hydrogen-bond acceptors (Lipinski definition) is 2. The Balaban J connectivity index is 1.63. The van der Waals surface area contributed by atoms with Crippen LogP contribution in [0.2, 0.25) is 0 Å². The molecule has 1 aromatic carbocycles.